The smallest absolute Gasteiger partial charge is 0.171 e. The first-order chi connectivity index (χ1) is 13.0. The minimum atomic E-state index is -0.689. The highest BCUT2D eigenvalue weighted by molar-refractivity contribution is 7.80. The van der Waals surface area contributed by atoms with Gasteiger partial charge in [-0.1, -0.05) is 18.9 Å². The molecule has 1 aliphatic carbocycles. The van der Waals surface area contributed by atoms with Gasteiger partial charge in [0, 0.05) is 6.07 Å². The van der Waals surface area contributed by atoms with Crippen LogP contribution in [0.25, 0.3) is 0 Å². The molecule has 2 N–H and O–H groups in total. The van der Waals surface area contributed by atoms with E-state index in [1.54, 1.807) is 14.2 Å². The summed E-state index contributed by atoms with van der Waals surface area (Å²) in [4.78, 5) is 0. The van der Waals surface area contributed by atoms with Crippen LogP contribution in [-0.4, -0.2) is 19.3 Å². The van der Waals surface area contributed by atoms with Crippen LogP contribution in [0.1, 0.15) is 31.2 Å². The molecule has 0 spiro atoms. The molecule has 2 aromatic rings. The van der Waals surface area contributed by atoms with E-state index in [9.17, 15) is 8.78 Å². The number of hydrogen-bond donors (Lipinski definition) is 2. The average molecular weight is 392 g/mol. The molecule has 0 aromatic heterocycles. The summed E-state index contributed by atoms with van der Waals surface area (Å²) in [5.41, 5.74) is 0.788. The molecule has 1 aliphatic rings. The zero-order chi connectivity index (χ0) is 19.4. The van der Waals surface area contributed by atoms with Gasteiger partial charge in [-0.15, -0.1) is 0 Å². The third-order valence-corrected chi connectivity index (χ3v) is 5.13. The molecule has 0 aliphatic heterocycles. The highest BCUT2D eigenvalue weighted by Crippen LogP contribution is 2.41. The zero-order valence-corrected chi connectivity index (χ0v) is 16.1. The van der Waals surface area contributed by atoms with Crippen LogP contribution in [0.5, 0.6) is 11.5 Å². The monoisotopic (exact) mass is 392 g/mol. The van der Waals surface area contributed by atoms with Crippen LogP contribution >= 0.6 is 12.2 Å². The molecule has 0 amide bonds. The molecule has 0 saturated heterocycles. The van der Waals surface area contributed by atoms with E-state index < -0.39 is 11.6 Å². The Hall–Kier alpha value is -2.41. The van der Waals surface area contributed by atoms with Crippen molar-refractivity contribution in [3.8, 4) is 11.5 Å². The van der Waals surface area contributed by atoms with Crippen molar-refractivity contribution in [3.05, 3.63) is 53.6 Å². The molecule has 144 valence electrons. The summed E-state index contributed by atoms with van der Waals surface area (Å²) >= 11 is 5.41. The minimum Gasteiger partial charge on any atom is -0.493 e. The lowest BCUT2D eigenvalue weighted by Gasteiger charge is -2.33. The Bertz CT molecular complexity index is 839. The van der Waals surface area contributed by atoms with Crippen molar-refractivity contribution < 1.29 is 18.3 Å². The van der Waals surface area contributed by atoms with Crippen LogP contribution in [0, 0.1) is 11.6 Å². The number of ether oxygens (including phenoxy) is 2. The molecule has 7 heteroatoms. The van der Waals surface area contributed by atoms with Gasteiger partial charge in [-0.05, 0) is 54.9 Å². The van der Waals surface area contributed by atoms with Crippen LogP contribution in [0.4, 0.5) is 14.5 Å². The van der Waals surface area contributed by atoms with Crippen molar-refractivity contribution >= 4 is 23.0 Å². The second kappa shape index (κ2) is 8.08. The fourth-order valence-electron chi connectivity index (χ4n) is 3.56. The molecular weight excluding hydrogens is 370 g/mol. The Labute approximate surface area is 162 Å². The summed E-state index contributed by atoms with van der Waals surface area (Å²) in [5, 5.41) is 6.47. The molecule has 0 atom stereocenters. The van der Waals surface area contributed by atoms with E-state index in [0.29, 0.717) is 11.5 Å². The molecule has 27 heavy (non-hydrogen) atoms. The first-order valence-electron chi connectivity index (χ1n) is 8.74. The molecule has 1 fully saturated rings. The third-order valence-electron chi connectivity index (χ3n) is 4.93. The van der Waals surface area contributed by atoms with Crippen LogP contribution in [-0.2, 0) is 5.54 Å². The van der Waals surface area contributed by atoms with E-state index in [1.807, 2.05) is 18.2 Å². The van der Waals surface area contributed by atoms with E-state index in [4.69, 9.17) is 21.7 Å². The molecule has 1 saturated carbocycles. The van der Waals surface area contributed by atoms with Gasteiger partial charge in [0.2, 0.25) is 0 Å². The number of methoxy groups -OCH3 is 2. The topological polar surface area (TPSA) is 42.5 Å². The van der Waals surface area contributed by atoms with Crippen LogP contribution < -0.4 is 20.1 Å². The number of nitrogens with one attached hydrogen (secondary N) is 2. The standard InChI is InChI=1S/C20H22F2N2O2S/c1-25-17-8-5-13(11-18(17)26-2)20(9-3-4-10-20)24-19(27)23-16-7-6-14(21)12-15(16)22/h5-8,11-12H,3-4,9-10H2,1-2H3,(H2,23,24,27). The minimum absolute atomic E-state index is 0.134. The zero-order valence-electron chi connectivity index (χ0n) is 15.3. The first-order valence-corrected chi connectivity index (χ1v) is 9.15. The number of anilines is 1. The fourth-order valence-corrected chi connectivity index (χ4v) is 3.87. The molecule has 2 aromatic carbocycles. The van der Waals surface area contributed by atoms with Crippen molar-refractivity contribution in [3.63, 3.8) is 0 Å². The fraction of sp³-hybridized carbons (Fsp3) is 0.350. The van der Waals surface area contributed by atoms with E-state index >= 15 is 0 Å². The van der Waals surface area contributed by atoms with Gasteiger partial charge in [0.1, 0.15) is 11.6 Å². The third kappa shape index (κ3) is 4.13. The maximum absolute atomic E-state index is 13.9. The van der Waals surface area contributed by atoms with Gasteiger partial charge >= 0.3 is 0 Å². The van der Waals surface area contributed by atoms with Gasteiger partial charge < -0.3 is 20.1 Å². The maximum Gasteiger partial charge on any atom is 0.171 e. The van der Waals surface area contributed by atoms with Gasteiger partial charge in [-0.25, -0.2) is 8.78 Å². The normalized spacial score (nSPS) is 15.3. The lowest BCUT2D eigenvalue weighted by Crippen LogP contribution is -2.45. The second-order valence-corrected chi connectivity index (χ2v) is 6.97. The molecule has 0 bridgehead atoms. The first kappa shape index (κ1) is 19.4. The molecule has 3 rings (SSSR count). The van der Waals surface area contributed by atoms with Crippen molar-refractivity contribution in [1.29, 1.82) is 0 Å². The van der Waals surface area contributed by atoms with Crippen LogP contribution in [0.2, 0.25) is 0 Å². The van der Waals surface area contributed by atoms with Gasteiger partial charge in [0.25, 0.3) is 0 Å². The second-order valence-electron chi connectivity index (χ2n) is 6.56. The average Bonchev–Trinajstić information content (AvgIpc) is 3.13. The Morgan fingerprint density at radius 1 is 1.00 bits per heavy atom. The van der Waals surface area contributed by atoms with Crippen LogP contribution in [0.3, 0.4) is 0 Å². The van der Waals surface area contributed by atoms with E-state index in [0.717, 1.165) is 37.3 Å². The quantitative estimate of drug-likeness (QED) is 0.720. The summed E-state index contributed by atoms with van der Waals surface area (Å²) in [5.74, 6) is -0.0183. The van der Waals surface area contributed by atoms with Gasteiger partial charge in [-0.3, -0.25) is 0 Å². The summed E-state index contributed by atoms with van der Waals surface area (Å²) in [6.07, 6.45) is 3.87. The Balaban J connectivity index is 1.83. The van der Waals surface area contributed by atoms with Crippen molar-refractivity contribution in [2.45, 2.75) is 31.2 Å². The highest BCUT2D eigenvalue weighted by atomic mass is 32.1. The predicted molar refractivity (Wildman–Crippen MR) is 105 cm³/mol. The number of thiocarbonyl (C=S) groups is 1. The van der Waals surface area contributed by atoms with Gasteiger partial charge in [0.15, 0.2) is 16.6 Å². The summed E-state index contributed by atoms with van der Waals surface area (Å²) in [6.45, 7) is 0. The molecule has 0 unspecified atom stereocenters. The summed E-state index contributed by atoms with van der Waals surface area (Å²) < 4.78 is 37.7. The summed E-state index contributed by atoms with van der Waals surface area (Å²) in [7, 11) is 3.19. The lowest BCUT2D eigenvalue weighted by molar-refractivity contribution is 0.350. The van der Waals surface area contributed by atoms with Crippen molar-refractivity contribution in [1.82, 2.24) is 5.32 Å². The van der Waals surface area contributed by atoms with E-state index in [-0.39, 0.29) is 16.3 Å². The number of benzene rings is 2. The number of halogens is 2. The molecule has 0 heterocycles. The summed E-state index contributed by atoms with van der Waals surface area (Å²) in [6, 6.07) is 9.14. The SMILES string of the molecule is COc1ccc(C2(NC(=S)Nc3ccc(F)cc3F)CCCC2)cc1OC. The van der Waals surface area contributed by atoms with Crippen molar-refractivity contribution in [2.24, 2.45) is 0 Å². The largest absolute Gasteiger partial charge is 0.493 e. The number of hydrogen-bond acceptors (Lipinski definition) is 3. The molecule has 4 nitrogen and oxygen atoms in total. The Morgan fingerprint density at radius 3 is 2.33 bits per heavy atom. The van der Waals surface area contributed by atoms with Gasteiger partial charge in [-0.2, -0.15) is 0 Å². The number of rotatable bonds is 5. The Kier molecular flexibility index (Phi) is 5.79. The van der Waals surface area contributed by atoms with E-state index in [2.05, 4.69) is 10.6 Å². The molecule has 0 radical (unpaired) electrons. The predicted octanol–water partition coefficient (Wildman–Crippen LogP) is 4.74. The maximum atomic E-state index is 13.9. The van der Waals surface area contributed by atoms with E-state index in [1.165, 1.54) is 12.1 Å². The van der Waals surface area contributed by atoms with Crippen LogP contribution in [0.15, 0.2) is 36.4 Å². The van der Waals surface area contributed by atoms with Crippen molar-refractivity contribution in [2.75, 3.05) is 19.5 Å². The Morgan fingerprint density at radius 2 is 1.70 bits per heavy atom. The molecular formula is C20H22F2N2O2S. The lowest BCUT2D eigenvalue weighted by atomic mass is 9.88. The highest BCUT2D eigenvalue weighted by Gasteiger charge is 2.37. The van der Waals surface area contributed by atoms with Gasteiger partial charge in [0.05, 0.1) is 25.4 Å².